The van der Waals surface area contributed by atoms with Gasteiger partial charge >= 0.3 is 0 Å². The SMILES string of the molecule is CCCNC(C)CC(C)(C)c1ccccc1OC(C)C. The highest BCUT2D eigenvalue weighted by Crippen LogP contribution is 2.35. The van der Waals surface area contributed by atoms with Gasteiger partial charge in [-0.15, -0.1) is 0 Å². The summed E-state index contributed by atoms with van der Waals surface area (Å²) in [6.07, 6.45) is 2.49. The van der Waals surface area contributed by atoms with E-state index in [1.54, 1.807) is 0 Å². The molecule has 1 rings (SSSR count). The van der Waals surface area contributed by atoms with Crippen LogP contribution in [-0.4, -0.2) is 18.7 Å². The lowest BCUT2D eigenvalue weighted by Crippen LogP contribution is -2.34. The normalized spacial score (nSPS) is 13.6. The smallest absolute Gasteiger partial charge is 0.123 e. The minimum atomic E-state index is 0.103. The van der Waals surface area contributed by atoms with Crippen molar-refractivity contribution in [2.45, 2.75) is 71.9 Å². The number of hydrogen-bond acceptors (Lipinski definition) is 2. The first-order valence-electron chi connectivity index (χ1n) is 7.86. The highest BCUT2D eigenvalue weighted by molar-refractivity contribution is 5.39. The van der Waals surface area contributed by atoms with Crippen molar-refractivity contribution in [3.63, 3.8) is 0 Å². The second-order valence-corrected chi connectivity index (χ2v) is 6.61. The summed E-state index contributed by atoms with van der Waals surface area (Å²) in [7, 11) is 0. The van der Waals surface area contributed by atoms with Crippen molar-refractivity contribution in [3.05, 3.63) is 29.8 Å². The maximum Gasteiger partial charge on any atom is 0.123 e. The summed E-state index contributed by atoms with van der Waals surface area (Å²) in [4.78, 5) is 0. The standard InChI is InChI=1S/C18H31NO/c1-7-12-19-15(4)13-18(5,6)16-10-8-9-11-17(16)20-14(2)3/h8-11,14-15,19H,7,12-13H2,1-6H3. The van der Waals surface area contributed by atoms with Gasteiger partial charge in [0.05, 0.1) is 6.10 Å². The Morgan fingerprint density at radius 2 is 1.80 bits per heavy atom. The van der Waals surface area contributed by atoms with Crippen LogP contribution in [0.3, 0.4) is 0 Å². The Morgan fingerprint density at radius 1 is 1.15 bits per heavy atom. The molecule has 0 aromatic heterocycles. The van der Waals surface area contributed by atoms with Crippen molar-refractivity contribution >= 4 is 0 Å². The second kappa shape index (κ2) is 7.68. The minimum absolute atomic E-state index is 0.103. The van der Waals surface area contributed by atoms with Crippen LogP contribution in [0.15, 0.2) is 24.3 Å². The summed E-state index contributed by atoms with van der Waals surface area (Å²) in [5, 5.41) is 3.58. The third kappa shape index (κ3) is 5.16. The molecule has 2 nitrogen and oxygen atoms in total. The Balaban J connectivity index is 2.85. The first kappa shape index (κ1) is 17.0. The molecule has 1 aromatic carbocycles. The zero-order valence-corrected chi connectivity index (χ0v) is 14.0. The van der Waals surface area contributed by atoms with Crippen molar-refractivity contribution < 1.29 is 4.74 Å². The van der Waals surface area contributed by atoms with Gasteiger partial charge in [-0.2, -0.15) is 0 Å². The zero-order valence-electron chi connectivity index (χ0n) is 14.0. The Labute approximate surface area is 124 Å². The molecule has 1 aromatic rings. The van der Waals surface area contributed by atoms with Gasteiger partial charge in [0.15, 0.2) is 0 Å². The Morgan fingerprint density at radius 3 is 2.40 bits per heavy atom. The number of hydrogen-bond donors (Lipinski definition) is 1. The van der Waals surface area contributed by atoms with E-state index >= 15 is 0 Å². The van der Waals surface area contributed by atoms with E-state index < -0.39 is 0 Å². The molecular formula is C18H31NO. The van der Waals surface area contributed by atoms with Crippen molar-refractivity contribution in [2.75, 3.05) is 6.54 Å². The lowest BCUT2D eigenvalue weighted by atomic mass is 9.79. The molecule has 0 saturated carbocycles. The molecule has 0 aliphatic rings. The third-order valence-corrected chi connectivity index (χ3v) is 3.54. The van der Waals surface area contributed by atoms with Gasteiger partial charge in [-0.1, -0.05) is 39.0 Å². The van der Waals surface area contributed by atoms with E-state index in [1.807, 2.05) is 0 Å². The van der Waals surface area contributed by atoms with Crippen molar-refractivity contribution in [3.8, 4) is 5.75 Å². The largest absolute Gasteiger partial charge is 0.491 e. The van der Waals surface area contributed by atoms with Crippen LogP contribution in [-0.2, 0) is 5.41 Å². The fraction of sp³-hybridized carbons (Fsp3) is 0.667. The molecule has 20 heavy (non-hydrogen) atoms. The van der Waals surface area contributed by atoms with Crippen LogP contribution in [0, 0.1) is 0 Å². The maximum absolute atomic E-state index is 5.97. The van der Waals surface area contributed by atoms with Gasteiger partial charge < -0.3 is 10.1 Å². The average molecular weight is 277 g/mol. The van der Waals surface area contributed by atoms with Gasteiger partial charge in [-0.3, -0.25) is 0 Å². The molecule has 1 unspecified atom stereocenters. The fourth-order valence-electron chi connectivity index (χ4n) is 2.72. The molecule has 0 fully saturated rings. The van der Waals surface area contributed by atoms with Gasteiger partial charge in [0, 0.05) is 6.04 Å². The molecule has 0 amide bonds. The lowest BCUT2D eigenvalue weighted by Gasteiger charge is -2.31. The molecular weight excluding hydrogens is 246 g/mol. The number of para-hydroxylation sites is 1. The molecule has 114 valence electrons. The average Bonchev–Trinajstić information content (AvgIpc) is 2.35. The number of nitrogens with one attached hydrogen (secondary N) is 1. The van der Waals surface area contributed by atoms with Crippen LogP contribution in [0.2, 0.25) is 0 Å². The van der Waals surface area contributed by atoms with Gasteiger partial charge in [0.2, 0.25) is 0 Å². The molecule has 0 aliphatic heterocycles. The summed E-state index contributed by atoms with van der Waals surface area (Å²) >= 11 is 0. The van der Waals surface area contributed by atoms with Crippen LogP contribution in [0.4, 0.5) is 0 Å². The molecule has 1 atom stereocenters. The predicted octanol–water partition coefficient (Wildman–Crippen LogP) is 4.53. The van der Waals surface area contributed by atoms with Crippen LogP contribution in [0.25, 0.3) is 0 Å². The molecule has 0 radical (unpaired) electrons. The third-order valence-electron chi connectivity index (χ3n) is 3.54. The predicted molar refractivity (Wildman–Crippen MR) is 87.6 cm³/mol. The monoisotopic (exact) mass is 277 g/mol. The number of ether oxygens (including phenoxy) is 1. The van der Waals surface area contributed by atoms with Crippen LogP contribution >= 0.6 is 0 Å². The van der Waals surface area contributed by atoms with Crippen molar-refractivity contribution in [2.24, 2.45) is 0 Å². The maximum atomic E-state index is 5.97. The first-order chi connectivity index (χ1) is 9.36. The molecule has 0 aliphatic carbocycles. The first-order valence-corrected chi connectivity index (χ1v) is 7.86. The molecule has 0 saturated heterocycles. The summed E-state index contributed by atoms with van der Waals surface area (Å²) in [5.41, 5.74) is 1.41. The summed E-state index contributed by atoms with van der Waals surface area (Å²) in [6, 6.07) is 8.95. The summed E-state index contributed by atoms with van der Waals surface area (Å²) in [5.74, 6) is 1.02. The van der Waals surface area contributed by atoms with E-state index in [9.17, 15) is 0 Å². The lowest BCUT2D eigenvalue weighted by molar-refractivity contribution is 0.234. The molecule has 2 heteroatoms. The Hall–Kier alpha value is -1.02. The van der Waals surface area contributed by atoms with Crippen LogP contribution < -0.4 is 10.1 Å². The fourth-order valence-corrected chi connectivity index (χ4v) is 2.72. The van der Waals surface area contributed by atoms with E-state index in [1.165, 1.54) is 12.0 Å². The number of rotatable bonds is 8. The quantitative estimate of drug-likeness (QED) is 0.754. The van der Waals surface area contributed by atoms with Crippen molar-refractivity contribution in [1.82, 2.24) is 5.32 Å². The zero-order chi connectivity index (χ0) is 15.2. The van der Waals surface area contributed by atoms with Crippen LogP contribution in [0.1, 0.15) is 59.9 Å². The Bertz CT molecular complexity index is 398. The van der Waals surface area contributed by atoms with Gasteiger partial charge in [0.25, 0.3) is 0 Å². The van der Waals surface area contributed by atoms with E-state index in [2.05, 4.69) is 71.1 Å². The highest BCUT2D eigenvalue weighted by Gasteiger charge is 2.26. The van der Waals surface area contributed by atoms with Gasteiger partial charge in [0.1, 0.15) is 5.75 Å². The molecule has 1 N–H and O–H groups in total. The Kier molecular flexibility index (Phi) is 6.54. The van der Waals surface area contributed by atoms with Gasteiger partial charge in [-0.25, -0.2) is 0 Å². The van der Waals surface area contributed by atoms with E-state index in [0.717, 1.165) is 18.7 Å². The highest BCUT2D eigenvalue weighted by atomic mass is 16.5. The number of benzene rings is 1. The summed E-state index contributed by atoms with van der Waals surface area (Å²) in [6.45, 7) is 14.3. The summed E-state index contributed by atoms with van der Waals surface area (Å²) < 4.78 is 5.97. The van der Waals surface area contributed by atoms with Gasteiger partial charge in [-0.05, 0) is 57.2 Å². The van der Waals surface area contributed by atoms with E-state index in [-0.39, 0.29) is 11.5 Å². The minimum Gasteiger partial charge on any atom is -0.491 e. The molecule has 0 heterocycles. The van der Waals surface area contributed by atoms with Crippen molar-refractivity contribution in [1.29, 1.82) is 0 Å². The van der Waals surface area contributed by atoms with Crippen LogP contribution in [0.5, 0.6) is 5.75 Å². The second-order valence-electron chi connectivity index (χ2n) is 6.61. The van der Waals surface area contributed by atoms with E-state index in [4.69, 9.17) is 4.74 Å². The van der Waals surface area contributed by atoms with E-state index in [0.29, 0.717) is 6.04 Å². The molecule has 0 spiro atoms. The topological polar surface area (TPSA) is 21.3 Å². The molecule has 0 bridgehead atoms.